The SMILES string of the molecule is CCOc1ccc(NCc2ccc(SC)cc2)cn1. The van der Waals surface area contributed by atoms with Crippen molar-refractivity contribution in [2.45, 2.75) is 18.4 Å². The summed E-state index contributed by atoms with van der Waals surface area (Å²) in [6.45, 7) is 3.39. The second-order valence-corrected chi connectivity index (χ2v) is 4.90. The highest BCUT2D eigenvalue weighted by atomic mass is 32.2. The van der Waals surface area contributed by atoms with Gasteiger partial charge in [-0.05, 0) is 36.9 Å². The first-order valence-electron chi connectivity index (χ1n) is 6.27. The molecule has 0 radical (unpaired) electrons. The van der Waals surface area contributed by atoms with Crippen LogP contribution in [0.4, 0.5) is 5.69 Å². The molecule has 4 heteroatoms. The lowest BCUT2D eigenvalue weighted by atomic mass is 10.2. The van der Waals surface area contributed by atoms with Gasteiger partial charge in [-0.15, -0.1) is 11.8 Å². The van der Waals surface area contributed by atoms with Gasteiger partial charge in [-0.2, -0.15) is 0 Å². The number of ether oxygens (including phenoxy) is 1. The maximum atomic E-state index is 5.31. The van der Waals surface area contributed by atoms with Crippen molar-refractivity contribution in [3.63, 3.8) is 0 Å². The maximum absolute atomic E-state index is 5.31. The number of pyridine rings is 1. The lowest BCUT2D eigenvalue weighted by Gasteiger charge is -2.08. The van der Waals surface area contributed by atoms with Gasteiger partial charge in [-0.25, -0.2) is 4.98 Å². The largest absolute Gasteiger partial charge is 0.478 e. The van der Waals surface area contributed by atoms with Crippen molar-refractivity contribution >= 4 is 17.4 Å². The zero-order chi connectivity index (χ0) is 13.5. The predicted octanol–water partition coefficient (Wildman–Crippen LogP) is 3.81. The molecule has 1 aromatic carbocycles. The summed E-state index contributed by atoms with van der Waals surface area (Å²) >= 11 is 1.75. The van der Waals surface area contributed by atoms with Crippen LogP contribution in [0.3, 0.4) is 0 Å². The average Bonchev–Trinajstić information content (AvgIpc) is 2.47. The Bertz CT molecular complexity index is 497. The molecular formula is C15H18N2OS. The van der Waals surface area contributed by atoms with Crippen LogP contribution < -0.4 is 10.1 Å². The number of anilines is 1. The molecule has 3 nitrogen and oxygen atoms in total. The zero-order valence-electron chi connectivity index (χ0n) is 11.2. The van der Waals surface area contributed by atoms with Crippen molar-refractivity contribution in [2.24, 2.45) is 0 Å². The Balaban J connectivity index is 1.90. The monoisotopic (exact) mass is 274 g/mol. The molecule has 0 bridgehead atoms. The number of benzene rings is 1. The molecule has 2 rings (SSSR count). The van der Waals surface area contributed by atoms with Gasteiger partial charge in [0.05, 0.1) is 18.5 Å². The van der Waals surface area contributed by atoms with Crippen LogP contribution in [-0.2, 0) is 6.54 Å². The predicted molar refractivity (Wildman–Crippen MR) is 81.0 cm³/mol. The van der Waals surface area contributed by atoms with E-state index in [0.717, 1.165) is 12.2 Å². The van der Waals surface area contributed by atoms with Crippen LogP contribution in [0.1, 0.15) is 12.5 Å². The lowest BCUT2D eigenvalue weighted by Crippen LogP contribution is -2.00. The fourth-order valence-electron chi connectivity index (χ4n) is 1.67. The van der Waals surface area contributed by atoms with Gasteiger partial charge < -0.3 is 10.1 Å². The Morgan fingerprint density at radius 1 is 1.16 bits per heavy atom. The van der Waals surface area contributed by atoms with Gasteiger partial charge in [0.1, 0.15) is 0 Å². The van der Waals surface area contributed by atoms with E-state index in [2.05, 4.69) is 40.8 Å². The highest BCUT2D eigenvalue weighted by Gasteiger charge is 1.97. The third kappa shape index (κ3) is 4.17. The Hall–Kier alpha value is -1.68. The Morgan fingerprint density at radius 3 is 2.53 bits per heavy atom. The normalized spacial score (nSPS) is 10.2. The molecule has 100 valence electrons. The summed E-state index contributed by atoms with van der Waals surface area (Å²) in [5.74, 6) is 0.664. The second-order valence-electron chi connectivity index (χ2n) is 4.02. The van der Waals surface area contributed by atoms with Crippen LogP contribution in [0.15, 0.2) is 47.5 Å². The Kier molecular flexibility index (Phi) is 5.10. The van der Waals surface area contributed by atoms with Crippen molar-refractivity contribution in [1.29, 1.82) is 0 Å². The van der Waals surface area contributed by atoms with E-state index in [-0.39, 0.29) is 0 Å². The van der Waals surface area contributed by atoms with Crippen molar-refractivity contribution < 1.29 is 4.74 Å². The molecule has 0 fully saturated rings. The zero-order valence-corrected chi connectivity index (χ0v) is 12.0. The topological polar surface area (TPSA) is 34.1 Å². The summed E-state index contributed by atoms with van der Waals surface area (Å²) in [5, 5.41) is 3.34. The van der Waals surface area contributed by atoms with E-state index in [1.54, 1.807) is 18.0 Å². The highest BCUT2D eigenvalue weighted by Crippen LogP contribution is 2.16. The third-order valence-electron chi connectivity index (χ3n) is 2.68. The van der Waals surface area contributed by atoms with E-state index in [1.165, 1.54) is 10.5 Å². The first-order chi connectivity index (χ1) is 9.31. The number of hydrogen-bond acceptors (Lipinski definition) is 4. The minimum absolute atomic E-state index is 0.640. The van der Waals surface area contributed by atoms with E-state index in [1.807, 2.05) is 19.1 Å². The maximum Gasteiger partial charge on any atom is 0.213 e. The molecule has 0 atom stereocenters. The minimum Gasteiger partial charge on any atom is -0.478 e. The number of thioether (sulfide) groups is 1. The van der Waals surface area contributed by atoms with Gasteiger partial charge in [0, 0.05) is 17.5 Å². The van der Waals surface area contributed by atoms with Crippen molar-refractivity contribution in [1.82, 2.24) is 4.98 Å². The Morgan fingerprint density at radius 2 is 1.95 bits per heavy atom. The van der Waals surface area contributed by atoms with Crippen LogP contribution in [0.25, 0.3) is 0 Å². The molecular weight excluding hydrogens is 256 g/mol. The minimum atomic E-state index is 0.640. The van der Waals surface area contributed by atoms with Crippen LogP contribution in [0.2, 0.25) is 0 Å². The van der Waals surface area contributed by atoms with Crippen LogP contribution in [0.5, 0.6) is 5.88 Å². The molecule has 0 saturated heterocycles. The highest BCUT2D eigenvalue weighted by molar-refractivity contribution is 7.98. The van der Waals surface area contributed by atoms with Crippen molar-refractivity contribution in [3.05, 3.63) is 48.2 Å². The molecule has 19 heavy (non-hydrogen) atoms. The van der Waals surface area contributed by atoms with Gasteiger partial charge in [-0.3, -0.25) is 0 Å². The molecule has 0 spiro atoms. The number of nitrogens with one attached hydrogen (secondary N) is 1. The smallest absolute Gasteiger partial charge is 0.213 e. The number of aromatic nitrogens is 1. The molecule has 0 amide bonds. The summed E-state index contributed by atoms with van der Waals surface area (Å²) < 4.78 is 5.31. The van der Waals surface area contributed by atoms with Crippen LogP contribution in [0, 0.1) is 0 Å². The third-order valence-corrected chi connectivity index (χ3v) is 3.43. The van der Waals surface area contributed by atoms with Crippen molar-refractivity contribution in [3.8, 4) is 5.88 Å². The number of rotatable bonds is 6. The van der Waals surface area contributed by atoms with E-state index < -0.39 is 0 Å². The van der Waals surface area contributed by atoms with E-state index in [4.69, 9.17) is 4.74 Å². The fourth-order valence-corrected chi connectivity index (χ4v) is 2.07. The summed E-state index contributed by atoms with van der Waals surface area (Å²) in [4.78, 5) is 5.50. The number of nitrogens with zero attached hydrogens (tertiary/aromatic N) is 1. The summed E-state index contributed by atoms with van der Waals surface area (Å²) in [6.07, 6.45) is 3.88. The molecule has 1 N–H and O–H groups in total. The molecule has 1 aromatic heterocycles. The molecule has 2 aromatic rings. The first kappa shape index (κ1) is 13.7. The molecule has 0 aliphatic carbocycles. The Labute approximate surface area is 118 Å². The van der Waals surface area contributed by atoms with Crippen molar-refractivity contribution in [2.75, 3.05) is 18.2 Å². The first-order valence-corrected chi connectivity index (χ1v) is 7.50. The van der Waals surface area contributed by atoms with Gasteiger partial charge in [0.15, 0.2) is 0 Å². The molecule has 0 saturated carbocycles. The van der Waals surface area contributed by atoms with Gasteiger partial charge in [-0.1, -0.05) is 12.1 Å². The fraction of sp³-hybridized carbons (Fsp3) is 0.267. The summed E-state index contributed by atoms with van der Waals surface area (Å²) in [7, 11) is 0. The lowest BCUT2D eigenvalue weighted by molar-refractivity contribution is 0.327. The van der Waals surface area contributed by atoms with E-state index in [0.29, 0.717) is 12.5 Å². The molecule has 0 aliphatic rings. The number of hydrogen-bond donors (Lipinski definition) is 1. The van der Waals surface area contributed by atoms with E-state index >= 15 is 0 Å². The van der Waals surface area contributed by atoms with Gasteiger partial charge in [0.25, 0.3) is 0 Å². The summed E-state index contributed by atoms with van der Waals surface area (Å²) in [5.41, 5.74) is 2.25. The van der Waals surface area contributed by atoms with Gasteiger partial charge in [0.2, 0.25) is 5.88 Å². The average molecular weight is 274 g/mol. The van der Waals surface area contributed by atoms with Crippen LogP contribution in [-0.4, -0.2) is 17.8 Å². The molecule has 0 unspecified atom stereocenters. The van der Waals surface area contributed by atoms with Gasteiger partial charge >= 0.3 is 0 Å². The second kappa shape index (κ2) is 7.04. The van der Waals surface area contributed by atoms with E-state index in [9.17, 15) is 0 Å². The summed E-state index contributed by atoms with van der Waals surface area (Å²) in [6, 6.07) is 12.4. The van der Waals surface area contributed by atoms with Crippen LogP contribution >= 0.6 is 11.8 Å². The molecule has 1 heterocycles. The quantitative estimate of drug-likeness (QED) is 0.812. The molecule has 0 aliphatic heterocycles. The standard InChI is InChI=1S/C15H18N2OS/c1-3-18-15-9-6-13(11-17-15)16-10-12-4-7-14(19-2)8-5-12/h4-9,11,16H,3,10H2,1-2H3.